The minimum absolute atomic E-state index is 0.584. The quantitative estimate of drug-likeness (QED) is 0.327. The molecular weight excluding hydrogens is 392 g/mol. The van der Waals surface area contributed by atoms with Crippen molar-refractivity contribution in [3.63, 3.8) is 0 Å². The van der Waals surface area contributed by atoms with E-state index in [1.54, 1.807) is 0 Å². The van der Waals surface area contributed by atoms with Gasteiger partial charge in [-0.25, -0.2) is 0 Å². The number of nitrogens with one attached hydrogen (secondary N) is 1. The Morgan fingerprint density at radius 2 is 1.72 bits per heavy atom. The third-order valence-electron chi connectivity index (χ3n) is 5.99. The summed E-state index contributed by atoms with van der Waals surface area (Å²) in [6.07, 6.45) is 1.04. The van der Waals surface area contributed by atoms with Gasteiger partial charge in [0.25, 0.3) is 0 Å². The maximum Gasteiger partial charge on any atom is 0.137 e. The normalized spacial score (nSPS) is 12.3. The standard InChI is InChI=1S/C29H34N2O/c1-7-30-25-16-27-23(14-19(25)5)29(22-12-10-9-11-21(22)13-18(3)4)24-15-20(6)26(31-8-2)17-28(24)32-27/h9-12,14-18,30H,7-8,13H2,1-6H3. The Morgan fingerprint density at radius 3 is 2.44 bits per heavy atom. The molecule has 2 aromatic carbocycles. The number of anilines is 1. The van der Waals surface area contributed by atoms with Crippen LogP contribution in [0.25, 0.3) is 33.4 Å². The Balaban J connectivity index is 2.15. The van der Waals surface area contributed by atoms with Gasteiger partial charge in [-0.2, -0.15) is 0 Å². The second-order valence-corrected chi connectivity index (χ2v) is 9.03. The van der Waals surface area contributed by atoms with Crippen LogP contribution in [0.4, 0.5) is 5.69 Å². The number of hydrogen-bond acceptors (Lipinski definition) is 3. The molecule has 0 atom stereocenters. The minimum atomic E-state index is 0.584. The molecule has 1 N–H and O–H groups in total. The number of fused-ring (bicyclic) bond motifs is 2. The summed E-state index contributed by atoms with van der Waals surface area (Å²) < 4.78 is 6.51. The molecule has 32 heavy (non-hydrogen) atoms. The molecule has 0 spiro atoms. The van der Waals surface area contributed by atoms with E-state index in [2.05, 4.69) is 100 Å². The van der Waals surface area contributed by atoms with Crippen molar-refractivity contribution in [3.05, 3.63) is 70.6 Å². The Bertz CT molecular complexity index is 1300. The van der Waals surface area contributed by atoms with E-state index in [4.69, 9.17) is 4.42 Å². The van der Waals surface area contributed by atoms with Gasteiger partial charge in [0.15, 0.2) is 0 Å². The van der Waals surface area contributed by atoms with Crippen LogP contribution in [0.3, 0.4) is 0 Å². The average molecular weight is 427 g/mol. The van der Waals surface area contributed by atoms with E-state index in [1.807, 2.05) is 0 Å². The van der Waals surface area contributed by atoms with Gasteiger partial charge >= 0.3 is 0 Å². The van der Waals surface area contributed by atoms with Gasteiger partial charge in [-0.15, -0.1) is 0 Å². The summed E-state index contributed by atoms with van der Waals surface area (Å²) in [5.41, 5.74) is 9.51. The molecule has 0 saturated heterocycles. The zero-order valence-electron chi connectivity index (χ0n) is 20.2. The first-order valence-electron chi connectivity index (χ1n) is 11.8. The van der Waals surface area contributed by atoms with Crippen molar-refractivity contribution >= 4 is 16.7 Å². The molecule has 0 fully saturated rings. The summed E-state index contributed by atoms with van der Waals surface area (Å²) in [6, 6.07) is 17.6. The summed E-state index contributed by atoms with van der Waals surface area (Å²) in [6.45, 7) is 14.7. The molecule has 166 valence electrons. The van der Waals surface area contributed by atoms with Crippen molar-refractivity contribution < 1.29 is 4.42 Å². The first-order chi connectivity index (χ1) is 15.4. The van der Waals surface area contributed by atoms with Crippen LogP contribution < -0.4 is 10.7 Å². The molecule has 2 aliphatic rings. The van der Waals surface area contributed by atoms with E-state index >= 15 is 0 Å². The molecule has 4 rings (SSSR count). The van der Waals surface area contributed by atoms with Crippen LogP contribution in [-0.2, 0) is 6.42 Å². The Labute approximate surface area is 191 Å². The highest BCUT2D eigenvalue weighted by Gasteiger charge is 2.21. The molecule has 0 bridgehead atoms. The van der Waals surface area contributed by atoms with E-state index in [-0.39, 0.29) is 0 Å². The summed E-state index contributed by atoms with van der Waals surface area (Å²) in [7, 11) is 0. The molecule has 2 aromatic rings. The van der Waals surface area contributed by atoms with Crippen LogP contribution in [0, 0.1) is 19.8 Å². The predicted molar refractivity (Wildman–Crippen MR) is 137 cm³/mol. The van der Waals surface area contributed by atoms with E-state index in [9.17, 15) is 0 Å². The molecule has 3 nitrogen and oxygen atoms in total. The fraction of sp³-hybridized carbons (Fsp3) is 0.345. The Hall–Kier alpha value is -3.07. The highest BCUT2D eigenvalue weighted by Crippen LogP contribution is 2.43. The molecule has 0 saturated carbocycles. The fourth-order valence-corrected chi connectivity index (χ4v) is 4.58. The van der Waals surface area contributed by atoms with Crippen molar-refractivity contribution in [1.82, 2.24) is 0 Å². The van der Waals surface area contributed by atoms with Crippen LogP contribution in [0.5, 0.6) is 0 Å². The molecule has 0 radical (unpaired) electrons. The summed E-state index contributed by atoms with van der Waals surface area (Å²) in [5.74, 6) is 1.47. The zero-order valence-corrected chi connectivity index (χ0v) is 20.2. The molecule has 1 heterocycles. The maximum atomic E-state index is 6.51. The molecule has 0 aromatic heterocycles. The van der Waals surface area contributed by atoms with Crippen LogP contribution >= 0.6 is 0 Å². The minimum Gasteiger partial charge on any atom is -0.456 e. The van der Waals surface area contributed by atoms with E-state index in [0.717, 1.165) is 52.8 Å². The number of rotatable bonds is 6. The summed E-state index contributed by atoms with van der Waals surface area (Å²) in [5, 5.41) is 5.64. The third-order valence-corrected chi connectivity index (χ3v) is 5.99. The third kappa shape index (κ3) is 4.17. The largest absolute Gasteiger partial charge is 0.456 e. The molecule has 0 amide bonds. The number of aryl methyl sites for hydroxylation is 2. The lowest BCUT2D eigenvalue weighted by molar-refractivity contribution is 0.618. The summed E-state index contributed by atoms with van der Waals surface area (Å²) >= 11 is 0. The SMILES string of the molecule is CCN=c1cc2oc3cc(NCC)c(C)cc3c(-c3ccccc3CC(C)C)c-2cc1C. The lowest BCUT2D eigenvalue weighted by atomic mass is 9.87. The number of benzene rings is 3. The van der Waals surface area contributed by atoms with E-state index in [1.165, 1.54) is 27.8 Å². The molecule has 1 aliphatic heterocycles. The summed E-state index contributed by atoms with van der Waals surface area (Å²) in [4.78, 5) is 4.68. The monoisotopic (exact) mass is 426 g/mol. The predicted octanol–water partition coefficient (Wildman–Crippen LogP) is 7.37. The average Bonchev–Trinajstić information content (AvgIpc) is 2.75. The lowest BCUT2D eigenvalue weighted by Crippen LogP contribution is -2.09. The first-order valence-corrected chi connectivity index (χ1v) is 11.8. The van der Waals surface area contributed by atoms with Gasteiger partial charge in [0, 0.05) is 47.4 Å². The second-order valence-electron chi connectivity index (χ2n) is 9.03. The topological polar surface area (TPSA) is 37.5 Å². The van der Waals surface area contributed by atoms with Gasteiger partial charge in [-0.05, 0) is 74.4 Å². The Kier molecular flexibility index (Phi) is 6.36. The molecular formula is C29H34N2O. The molecule has 0 unspecified atom stereocenters. The van der Waals surface area contributed by atoms with Gasteiger partial charge in [-0.1, -0.05) is 38.1 Å². The zero-order chi connectivity index (χ0) is 22.8. The second kappa shape index (κ2) is 9.20. The van der Waals surface area contributed by atoms with Crippen molar-refractivity contribution in [2.75, 3.05) is 18.4 Å². The molecule has 3 heteroatoms. The van der Waals surface area contributed by atoms with Gasteiger partial charge < -0.3 is 9.73 Å². The van der Waals surface area contributed by atoms with E-state index < -0.39 is 0 Å². The van der Waals surface area contributed by atoms with Gasteiger partial charge in [0.2, 0.25) is 0 Å². The van der Waals surface area contributed by atoms with Gasteiger partial charge in [-0.3, -0.25) is 4.99 Å². The van der Waals surface area contributed by atoms with Gasteiger partial charge in [0.05, 0.1) is 5.36 Å². The highest BCUT2D eigenvalue weighted by molar-refractivity contribution is 6.03. The van der Waals surface area contributed by atoms with Crippen molar-refractivity contribution in [1.29, 1.82) is 0 Å². The van der Waals surface area contributed by atoms with Crippen molar-refractivity contribution in [2.45, 2.75) is 48.0 Å². The number of nitrogens with zero attached hydrogens (tertiary/aromatic N) is 1. The smallest absolute Gasteiger partial charge is 0.137 e. The van der Waals surface area contributed by atoms with Crippen LogP contribution in [0.1, 0.15) is 44.4 Å². The van der Waals surface area contributed by atoms with Crippen LogP contribution in [0.15, 0.2) is 57.9 Å². The van der Waals surface area contributed by atoms with Crippen LogP contribution in [0.2, 0.25) is 0 Å². The first kappa shape index (κ1) is 22.1. The van der Waals surface area contributed by atoms with Crippen LogP contribution in [-0.4, -0.2) is 13.1 Å². The lowest BCUT2D eigenvalue weighted by Gasteiger charge is -2.20. The maximum absolute atomic E-state index is 6.51. The van der Waals surface area contributed by atoms with Crippen molar-refractivity contribution in [2.24, 2.45) is 10.9 Å². The highest BCUT2D eigenvalue weighted by atomic mass is 16.3. The van der Waals surface area contributed by atoms with Gasteiger partial charge in [0.1, 0.15) is 11.3 Å². The molecule has 1 aliphatic carbocycles. The Morgan fingerprint density at radius 1 is 0.938 bits per heavy atom. The van der Waals surface area contributed by atoms with E-state index in [0.29, 0.717) is 5.92 Å². The fourth-order valence-electron chi connectivity index (χ4n) is 4.58. The van der Waals surface area contributed by atoms with Crippen molar-refractivity contribution in [3.8, 4) is 22.5 Å². The number of hydrogen-bond donors (Lipinski definition) is 1.